The summed E-state index contributed by atoms with van der Waals surface area (Å²) in [5.41, 5.74) is 7.23. The van der Waals surface area contributed by atoms with Crippen molar-refractivity contribution in [2.75, 3.05) is 27.9 Å². The normalized spacial score (nSPS) is 20.5. The molecule has 8 nitrogen and oxygen atoms in total. The monoisotopic (exact) mass is 435 g/mol. The van der Waals surface area contributed by atoms with Crippen LogP contribution in [0.1, 0.15) is 18.4 Å². The van der Waals surface area contributed by atoms with E-state index in [0.717, 1.165) is 5.56 Å². The van der Waals surface area contributed by atoms with Gasteiger partial charge in [0.15, 0.2) is 18.1 Å². The first-order valence-electron chi connectivity index (χ1n) is 9.45. The minimum atomic E-state index is -0.357. The summed E-state index contributed by atoms with van der Waals surface area (Å²) >= 11 is 5.86. The van der Waals surface area contributed by atoms with Crippen LogP contribution in [0.4, 0.5) is 0 Å². The van der Waals surface area contributed by atoms with Crippen LogP contribution in [0.15, 0.2) is 36.4 Å². The average molecular weight is 436 g/mol. The van der Waals surface area contributed by atoms with Gasteiger partial charge in [-0.3, -0.25) is 10.2 Å². The fraction of sp³-hybridized carbons (Fsp3) is 0.381. The molecule has 1 fully saturated rings. The zero-order valence-electron chi connectivity index (χ0n) is 17.3. The third-order valence-corrected chi connectivity index (χ3v) is 5.19. The highest BCUT2D eigenvalue weighted by Gasteiger charge is 2.36. The number of carbonyl (C=O) groups is 1. The van der Waals surface area contributed by atoms with Crippen LogP contribution < -0.4 is 35.1 Å². The lowest BCUT2D eigenvalue weighted by atomic mass is 9.90. The maximum Gasteiger partial charge on any atom is 0.259 e. The first-order valence-corrected chi connectivity index (χ1v) is 9.83. The zero-order chi connectivity index (χ0) is 21.7. The number of ether oxygens (including phenoxy) is 4. The third-order valence-electron chi connectivity index (χ3n) is 4.94. The SMILES string of the molecule is COc1cc(C2C(C)NNC2NC(=O)COc2ccc(Cl)cc2)cc(OC)c1OC. The van der Waals surface area contributed by atoms with Gasteiger partial charge in [0.2, 0.25) is 5.75 Å². The van der Waals surface area contributed by atoms with Gasteiger partial charge in [-0.15, -0.1) is 0 Å². The standard InChI is InChI=1S/C21H26ClN3O5/c1-12-19(13-9-16(27-2)20(29-4)17(10-13)28-3)21(25-24-12)23-18(26)11-30-15-7-5-14(22)6-8-15/h5-10,12,19,21,24-25H,11H2,1-4H3,(H,23,26). The highest BCUT2D eigenvalue weighted by molar-refractivity contribution is 6.30. The quantitative estimate of drug-likeness (QED) is 0.586. The molecule has 3 atom stereocenters. The Morgan fingerprint density at radius 3 is 2.23 bits per heavy atom. The lowest BCUT2D eigenvalue weighted by Crippen LogP contribution is -2.47. The van der Waals surface area contributed by atoms with Gasteiger partial charge in [0.1, 0.15) is 11.9 Å². The third kappa shape index (κ3) is 4.89. The summed E-state index contributed by atoms with van der Waals surface area (Å²) in [6.07, 6.45) is -0.357. The summed E-state index contributed by atoms with van der Waals surface area (Å²) < 4.78 is 21.9. The number of hydrogen-bond donors (Lipinski definition) is 3. The van der Waals surface area contributed by atoms with Crippen molar-refractivity contribution < 1.29 is 23.7 Å². The summed E-state index contributed by atoms with van der Waals surface area (Å²) in [6, 6.07) is 10.7. The number of benzene rings is 2. The molecule has 2 aromatic rings. The Bertz CT molecular complexity index is 852. The van der Waals surface area contributed by atoms with Crippen LogP contribution in [0, 0.1) is 0 Å². The Morgan fingerprint density at radius 1 is 1.03 bits per heavy atom. The van der Waals surface area contributed by atoms with Gasteiger partial charge >= 0.3 is 0 Å². The number of methoxy groups -OCH3 is 3. The Kier molecular flexibility index (Phi) is 7.25. The number of rotatable bonds is 8. The lowest BCUT2D eigenvalue weighted by molar-refractivity contribution is -0.124. The summed E-state index contributed by atoms with van der Waals surface area (Å²) in [4.78, 5) is 12.5. The minimum absolute atomic E-state index is 0.0373. The molecule has 0 bridgehead atoms. The minimum Gasteiger partial charge on any atom is -0.493 e. The van der Waals surface area contributed by atoms with E-state index in [1.165, 1.54) is 0 Å². The first-order chi connectivity index (χ1) is 14.5. The van der Waals surface area contributed by atoms with E-state index in [1.54, 1.807) is 45.6 Å². The lowest BCUT2D eigenvalue weighted by Gasteiger charge is -2.24. The molecule has 0 saturated carbocycles. The summed E-state index contributed by atoms with van der Waals surface area (Å²) in [5.74, 6) is 1.87. The van der Waals surface area contributed by atoms with Crippen LogP contribution in [0.3, 0.4) is 0 Å². The topological polar surface area (TPSA) is 90.1 Å². The van der Waals surface area contributed by atoms with E-state index in [9.17, 15) is 4.79 Å². The molecule has 9 heteroatoms. The van der Waals surface area contributed by atoms with Gasteiger partial charge < -0.3 is 24.3 Å². The van der Waals surface area contributed by atoms with E-state index in [2.05, 4.69) is 16.2 Å². The molecular formula is C21H26ClN3O5. The molecule has 0 radical (unpaired) electrons. The van der Waals surface area contributed by atoms with Crippen LogP contribution in [0.25, 0.3) is 0 Å². The van der Waals surface area contributed by atoms with Gasteiger partial charge in [0.05, 0.1) is 21.3 Å². The summed E-state index contributed by atoms with van der Waals surface area (Å²) in [7, 11) is 4.71. The molecule has 2 aromatic carbocycles. The van der Waals surface area contributed by atoms with Crippen molar-refractivity contribution >= 4 is 17.5 Å². The van der Waals surface area contributed by atoms with Crippen LogP contribution in [-0.2, 0) is 4.79 Å². The molecule has 1 heterocycles. The van der Waals surface area contributed by atoms with Gasteiger partial charge in [0, 0.05) is 17.0 Å². The van der Waals surface area contributed by atoms with E-state index >= 15 is 0 Å². The maximum atomic E-state index is 12.5. The molecule has 1 aliphatic heterocycles. The summed E-state index contributed by atoms with van der Waals surface area (Å²) in [6.45, 7) is 1.91. The van der Waals surface area contributed by atoms with Gasteiger partial charge in [-0.05, 0) is 48.9 Å². The van der Waals surface area contributed by atoms with Gasteiger partial charge in [-0.1, -0.05) is 11.6 Å². The zero-order valence-corrected chi connectivity index (χ0v) is 18.1. The second-order valence-electron chi connectivity index (χ2n) is 6.85. The fourth-order valence-electron chi connectivity index (χ4n) is 3.49. The number of carbonyl (C=O) groups excluding carboxylic acids is 1. The maximum absolute atomic E-state index is 12.5. The van der Waals surface area contributed by atoms with Crippen molar-refractivity contribution in [1.82, 2.24) is 16.2 Å². The van der Waals surface area contributed by atoms with Crippen molar-refractivity contribution in [2.24, 2.45) is 0 Å². The van der Waals surface area contributed by atoms with Gasteiger partial charge in [-0.25, -0.2) is 5.43 Å². The molecule has 3 N–H and O–H groups in total. The second kappa shape index (κ2) is 9.88. The van der Waals surface area contributed by atoms with Crippen molar-refractivity contribution in [2.45, 2.75) is 25.0 Å². The van der Waals surface area contributed by atoms with Crippen LogP contribution in [0.5, 0.6) is 23.0 Å². The average Bonchev–Trinajstić information content (AvgIpc) is 3.11. The Hall–Kier alpha value is -2.68. The van der Waals surface area contributed by atoms with E-state index in [0.29, 0.717) is 28.0 Å². The van der Waals surface area contributed by atoms with E-state index in [4.69, 9.17) is 30.5 Å². The fourth-order valence-corrected chi connectivity index (χ4v) is 3.61. The molecular weight excluding hydrogens is 410 g/mol. The van der Waals surface area contributed by atoms with Gasteiger partial charge in [-0.2, -0.15) is 0 Å². The predicted octanol–water partition coefficient (Wildman–Crippen LogP) is 2.47. The molecule has 1 amide bonds. The Labute approximate surface area is 180 Å². The number of halogens is 1. The smallest absolute Gasteiger partial charge is 0.259 e. The van der Waals surface area contributed by atoms with Gasteiger partial charge in [0.25, 0.3) is 5.91 Å². The van der Waals surface area contributed by atoms with Crippen molar-refractivity contribution in [3.8, 4) is 23.0 Å². The number of hydrazine groups is 1. The highest BCUT2D eigenvalue weighted by atomic mass is 35.5. The first kappa shape index (κ1) is 22.0. The molecule has 1 aliphatic rings. The largest absolute Gasteiger partial charge is 0.493 e. The second-order valence-corrected chi connectivity index (χ2v) is 7.29. The Balaban J connectivity index is 1.73. The highest BCUT2D eigenvalue weighted by Crippen LogP contribution is 2.41. The Morgan fingerprint density at radius 2 is 1.67 bits per heavy atom. The molecule has 0 aliphatic carbocycles. The molecule has 1 saturated heterocycles. The molecule has 0 aromatic heterocycles. The van der Waals surface area contributed by atoms with E-state index in [1.807, 2.05) is 19.1 Å². The molecule has 3 rings (SSSR count). The van der Waals surface area contributed by atoms with Crippen LogP contribution in [0.2, 0.25) is 5.02 Å². The van der Waals surface area contributed by atoms with Crippen molar-refractivity contribution in [3.63, 3.8) is 0 Å². The predicted molar refractivity (Wildman–Crippen MR) is 113 cm³/mol. The number of nitrogens with one attached hydrogen (secondary N) is 3. The summed E-state index contributed by atoms with van der Waals surface area (Å²) in [5, 5.41) is 3.57. The molecule has 0 spiro atoms. The van der Waals surface area contributed by atoms with E-state index < -0.39 is 0 Å². The van der Waals surface area contributed by atoms with E-state index in [-0.39, 0.29) is 30.6 Å². The molecule has 3 unspecified atom stereocenters. The molecule has 162 valence electrons. The molecule has 30 heavy (non-hydrogen) atoms. The van der Waals surface area contributed by atoms with Crippen molar-refractivity contribution in [3.05, 3.63) is 47.0 Å². The van der Waals surface area contributed by atoms with Crippen LogP contribution >= 0.6 is 11.6 Å². The van der Waals surface area contributed by atoms with Crippen LogP contribution in [-0.4, -0.2) is 46.1 Å². The van der Waals surface area contributed by atoms with Crippen molar-refractivity contribution in [1.29, 1.82) is 0 Å². The number of amides is 1. The number of hydrogen-bond acceptors (Lipinski definition) is 7.